The van der Waals surface area contributed by atoms with E-state index in [9.17, 15) is 9.59 Å². The Morgan fingerprint density at radius 1 is 1.43 bits per heavy atom. The fourth-order valence-electron chi connectivity index (χ4n) is 3.05. The molecule has 2 aliphatic heterocycles. The molecule has 0 radical (unpaired) electrons. The minimum Gasteiger partial charge on any atom is -0.482 e. The molecule has 1 fully saturated rings. The van der Waals surface area contributed by atoms with Gasteiger partial charge in [-0.3, -0.25) is 9.59 Å². The second kappa shape index (κ2) is 7.25. The Morgan fingerprint density at radius 3 is 3.13 bits per heavy atom. The summed E-state index contributed by atoms with van der Waals surface area (Å²) in [5.41, 5.74) is 1.26. The molecule has 0 aliphatic carbocycles. The zero-order valence-electron chi connectivity index (χ0n) is 13.3. The summed E-state index contributed by atoms with van der Waals surface area (Å²) in [7, 11) is 0. The van der Waals surface area contributed by atoms with Gasteiger partial charge >= 0.3 is 0 Å². The molecule has 2 aliphatic rings. The first-order valence-corrected chi connectivity index (χ1v) is 9.20. The molecule has 1 atom stereocenters. The lowest BCUT2D eigenvalue weighted by Gasteiger charge is -2.25. The van der Waals surface area contributed by atoms with Crippen LogP contribution >= 0.6 is 11.8 Å². The van der Waals surface area contributed by atoms with Crippen LogP contribution in [0.15, 0.2) is 18.2 Å². The van der Waals surface area contributed by atoms with Gasteiger partial charge in [0.25, 0.3) is 11.8 Å². The predicted molar refractivity (Wildman–Crippen MR) is 92.2 cm³/mol. The van der Waals surface area contributed by atoms with Crippen LogP contribution in [0.1, 0.15) is 36.5 Å². The third-order valence-corrected chi connectivity index (χ3v) is 5.37. The van der Waals surface area contributed by atoms with E-state index in [1.165, 1.54) is 12.8 Å². The SMILES string of the molecule is CCS[C@@H]1CCCCN(C(=O)c2ccc3c(c2)OCC(=O)N3)C1. The molecule has 0 aromatic heterocycles. The molecule has 0 spiro atoms. The van der Waals surface area contributed by atoms with Gasteiger partial charge in [-0.15, -0.1) is 0 Å². The van der Waals surface area contributed by atoms with Crippen LogP contribution in [0.5, 0.6) is 5.75 Å². The van der Waals surface area contributed by atoms with Crippen LogP contribution < -0.4 is 10.1 Å². The highest BCUT2D eigenvalue weighted by molar-refractivity contribution is 7.99. The fourth-order valence-corrected chi connectivity index (χ4v) is 4.14. The summed E-state index contributed by atoms with van der Waals surface area (Å²) in [6.07, 6.45) is 3.42. The van der Waals surface area contributed by atoms with Crippen molar-refractivity contribution in [2.45, 2.75) is 31.4 Å². The van der Waals surface area contributed by atoms with Crippen LogP contribution in [0.2, 0.25) is 0 Å². The van der Waals surface area contributed by atoms with E-state index < -0.39 is 0 Å². The maximum atomic E-state index is 12.8. The van der Waals surface area contributed by atoms with E-state index in [-0.39, 0.29) is 18.4 Å². The number of benzene rings is 1. The highest BCUT2D eigenvalue weighted by atomic mass is 32.2. The summed E-state index contributed by atoms with van der Waals surface area (Å²) in [4.78, 5) is 26.1. The summed E-state index contributed by atoms with van der Waals surface area (Å²) in [6.45, 7) is 3.79. The molecule has 2 heterocycles. The van der Waals surface area contributed by atoms with Crippen molar-refractivity contribution in [3.8, 4) is 5.75 Å². The minimum atomic E-state index is -0.163. The highest BCUT2D eigenvalue weighted by Crippen LogP contribution is 2.30. The quantitative estimate of drug-likeness (QED) is 0.923. The summed E-state index contributed by atoms with van der Waals surface area (Å²) in [6, 6.07) is 5.25. The van der Waals surface area contributed by atoms with Crippen LogP contribution in [-0.2, 0) is 4.79 Å². The van der Waals surface area contributed by atoms with Gasteiger partial charge in [0.1, 0.15) is 5.75 Å². The number of likely N-dealkylation sites (tertiary alicyclic amines) is 1. The molecule has 1 aromatic carbocycles. The van der Waals surface area contributed by atoms with Crippen molar-refractivity contribution in [2.75, 3.05) is 30.8 Å². The summed E-state index contributed by atoms with van der Waals surface area (Å²) < 4.78 is 5.41. The van der Waals surface area contributed by atoms with Crippen LogP contribution in [0.4, 0.5) is 5.69 Å². The first kappa shape index (κ1) is 16.2. The van der Waals surface area contributed by atoms with E-state index in [0.717, 1.165) is 25.3 Å². The average Bonchev–Trinajstić information content (AvgIpc) is 2.79. The third-order valence-electron chi connectivity index (χ3n) is 4.18. The maximum Gasteiger partial charge on any atom is 0.262 e. The van der Waals surface area contributed by atoms with Gasteiger partial charge in [-0.05, 0) is 36.8 Å². The lowest BCUT2D eigenvalue weighted by molar-refractivity contribution is -0.118. The normalized spacial score (nSPS) is 21.0. The molecule has 1 N–H and O–H groups in total. The van der Waals surface area contributed by atoms with Gasteiger partial charge in [0.2, 0.25) is 0 Å². The largest absolute Gasteiger partial charge is 0.482 e. The van der Waals surface area contributed by atoms with Crippen molar-refractivity contribution in [3.63, 3.8) is 0 Å². The fraction of sp³-hybridized carbons (Fsp3) is 0.529. The molecule has 23 heavy (non-hydrogen) atoms. The first-order chi connectivity index (χ1) is 11.2. The Balaban J connectivity index is 1.75. The molecular weight excluding hydrogens is 312 g/mol. The number of fused-ring (bicyclic) bond motifs is 1. The second-order valence-electron chi connectivity index (χ2n) is 5.87. The van der Waals surface area contributed by atoms with Crippen molar-refractivity contribution in [3.05, 3.63) is 23.8 Å². The van der Waals surface area contributed by atoms with Crippen molar-refractivity contribution >= 4 is 29.3 Å². The van der Waals surface area contributed by atoms with Crippen molar-refractivity contribution in [1.29, 1.82) is 0 Å². The number of rotatable bonds is 3. The van der Waals surface area contributed by atoms with Crippen LogP contribution in [0.3, 0.4) is 0 Å². The van der Waals surface area contributed by atoms with Gasteiger partial charge in [0.15, 0.2) is 6.61 Å². The van der Waals surface area contributed by atoms with Gasteiger partial charge in [-0.2, -0.15) is 11.8 Å². The van der Waals surface area contributed by atoms with Crippen molar-refractivity contribution in [1.82, 2.24) is 4.90 Å². The number of nitrogens with one attached hydrogen (secondary N) is 1. The smallest absolute Gasteiger partial charge is 0.262 e. The van der Waals surface area contributed by atoms with E-state index in [2.05, 4.69) is 12.2 Å². The standard InChI is InChI=1S/C17H22N2O3S/c1-2-23-13-5-3-4-8-19(10-13)17(21)12-6-7-14-15(9-12)22-11-16(20)18-14/h6-7,9,13H,2-5,8,10-11H2,1H3,(H,18,20)/t13-/m1/s1. The Bertz CT molecular complexity index is 606. The van der Waals surface area contributed by atoms with E-state index >= 15 is 0 Å². The van der Waals surface area contributed by atoms with E-state index in [4.69, 9.17) is 4.74 Å². The first-order valence-electron chi connectivity index (χ1n) is 8.15. The van der Waals surface area contributed by atoms with Gasteiger partial charge in [0.05, 0.1) is 5.69 Å². The van der Waals surface area contributed by atoms with Crippen molar-refractivity contribution < 1.29 is 14.3 Å². The number of carbonyl (C=O) groups excluding carboxylic acids is 2. The number of thioether (sulfide) groups is 1. The number of nitrogens with zero attached hydrogens (tertiary/aromatic N) is 1. The van der Waals surface area contributed by atoms with Crippen LogP contribution in [0, 0.1) is 0 Å². The Hall–Kier alpha value is -1.69. The Morgan fingerprint density at radius 2 is 2.30 bits per heavy atom. The number of amides is 2. The molecule has 0 saturated carbocycles. The van der Waals surface area contributed by atoms with Crippen LogP contribution in [-0.4, -0.2) is 47.4 Å². The molecule has 0 unspecified atom stereocenters. The van der Waals surface area contributed by atoms with Gasteiger partial charge in [0, 0.05) is 23.9 Å². The predicted octanol–water partition coefficient (Wildman–Crippen LogP) is 2.77. The number of ether oxygens (including phenoxy) is 1. The highest BCUT2D eigenvalue weighted by Gasteiger charge is 2.24. The van der Waals surface area contributed by atoms with E-state index in [1.807, 2.05) is 16.7 Å². The van der Waals surface area contributed by atoms with Crippen LogP contribution in [0.25, 0.3) is 0 Å². The number of carbonyl (C=O) groups is 2. The van der Waals surface area contributed by atoms with E-state index in [1.54, 1.807) is 18.2 Å². The lowest BCUT2D eigenvalue weighted by Crippen LogP contribution is -2.35. The van der Waals surface area contributed by atoms with Gasteiger partial charge < -0.3 is 15.0 Å². The molecule has 0 bridgehead atoms. The summed E-state index contributed by atoms with van der Waals surface area (Å²) >= 11 is 1.94. The molecule has 124 valence electrons. The number of hydrogen-bond donors (Lipinski definition) is 1. The topological polar surface area (TPSA) is 58.6 Å². The van der Waals surface area contributed by atoms with Crippen molar-refractivity contribution in [2.24, 2.45) is 0 Å². The third kappa shape index (κ3) is 3.80. The second-order valence-corrected chi connectivity index (χ2v) is 7.45. The molecule has 3 rings (SSSR count). The molecule has 2 amide bonds. The average molecular weight is 334 g/mol. The Labute approximate surface area is 140 Å². The zero-order valence-corrected chi connectivity index (χ0v) is 14.2. The molecular formula is C17H22N2O3S. The number of anilines is 1. The zero-order chi connectivity index (χ0) is 16.2. The lowest BCUT2D eigenvalue weighted by atomic mass is 10.1. The summed E-state index contributed by atoms with van der Waals surface area (Å²) in [5, 5.41) is 3.27. The molecule has 1 saturated heterocycles. The van der Waals surface area contributed by atoms with Gasteiger partial charge in [-0.1, -0.05) is 13.3 Å². The monoisotopic (exact) mass is 334 g/mol. The minimum absolute atomic E-state index is 0.00354. The summed E-state index contributed by atoms with van der Waals surface area (Å²) in [5.74, 6) is 1.55. The van der Waals surface area contributed by atoms with E-state index in [0.29, 0.717) is 22.3 Å². The maximum absolute atomic E-state index is 12.8. The van der Waals surface area contributed by atoms with Gasteiger partial charge in [-0.25, -0.2) is 0 Å². The molecule has 5 nitrogen and oxygen atoms in total. The number of hydrogen-bond acceptors (Lipinski definition) is 4. The Kier molecular flexibility index (Phi) is 5.10. The molecule has 1 aromatic rings. The molecule has 6 heteroatoms.